The van der Waals surface area contributed by atoms with Crippen molar-refractivity contribution in [1.29, 1.82) is 0 Å². The van der Waals surface area contributed by atoms with Gasteiger partial charge in [0, 0.05) is 26.7 Å². The molecule has 0 bridgehead atoms. The molecule has 660 valence electrons. The number of amides is 3. The SMILES string of the molecule is CCCCCCCCCCCCCC=C[C@@H](O)[C@H](CO[C@@H]1O[C@H](CO)[C@@H](O[C@@H]2O[C@H](CO)[C@H](O[C@@H]3O[C@H](CO)[C@H](O)[C@H](O[C@@H]4O[C@H](CO)[C@H](O)[C@H](O)[C@H]4O)[C@H]3NC(C)=O)[C@H](O[C@]3(C(=O)O)C[C@H](O)[C@@H](NC(C)=O)C([C@@H](O)[C@@H](O)CO)O3)[C@H]2O)[C@H](O)C1O)NC(=O)CCCCCCCCCCCCCCCCCCCCCCC. The minimum absolute atomic E-state index is 0.135. The van der Waals surface area contributed by atoms with E-state index < -0.39 is 235 Å². The summed E-state index contributed by atoms with van der Waals surface area (Å²) in [5, 5.41) is 197. The molecule has 28 atom stereocenters. The van der Waals surface area contributed by atoms with Crippen molar-refractivity contribution < 1.29 is 153 Å². The molecule has 3 amide bonds. The first kappa shape index (κ1) is 100. The van der Waals surface area contributed by atoms with Gasteiger partial charge in [-0.05, 0) is 19.3 Å². The van der Waals surface area contributed by atoms with E-state index in [4.69, 9.17) is 47.4 Å². The number of unbranched alkanes of at least 4 members (excludes halogenated alkanes) is 31. The fourth-order valence-corrected chi connectivity index (χ4v) is 15.4. The van der Waals surface area contributed by atoms with Crippen molar-refractivity contribution in [2.45, 2.75) is 424 Å². The average Bonchev–Trinajstić information content (AvgIpc) is 0.748. The van der Waals surface area contributed by atoms with Crippen molar-refractivity contribution in [1.82, 2.24) is 16.0 Å². The van der Waals surface area contributed by atoms with Crippen LogP contribution in [-0.4, -0.2) is 321 Å². The summed E-state index contributed by atoms with van der Waals surface area (Å²) < 4.78 is 60.2. The first-order chi connectivity index (χ1) is 54.3. The maximum Gasteiger partial charge on any atom is 0.364 e. The number of hydrogen-bond acceptors (Lipinski definition) is 30. The molecule has 0 spiro atoms. The molecule has 0 aliphatic carbocycles. The Balaban J connectivity index is 1.34. The second-order valence-electron chi connectivity index (χ2n) is 31.4. The van der Waals surface area contributed by atoms with Gasteiger partial charge in [0.15, 0.2) is 25.2 Å². The monoisotopic (exact) mass is 1630 g/mol. The molecule has 5 saturated heterocycles. The molecule has 34 heteroatoms. The van der Waals surface area contributed by atoms with Crippen LogP contribution in [-0.2, 0) is 66.5 Å². The van der Waals surface area contributed by atoms with Crippen LogP contribution in [0.15, 0.2) is 12.2 Å². The number of carbonyl (C=O) groups is 4. The number of carbonyl (C=O) groups excluding carboxylic acids is 3. The van der Waals surface area contributed by atoms with Gasteiger partial charge in [-0.2, -0.15) is 0 Å². The maximum atomic E-state index is 13.8. The molecular formula is C79H143N3O31. The predicted octanol–water partition coefficient (Wildman–Crippen LogP) is 1.30. The molecule has 0 aromatic rings. The van der Waals surface area contributed by atoms with Crippen molar-refractivity contribution in [3.05, 3.63) is 12.2 Å². The molecule has 0 saturated carbocycles. The van der Waals surface area contributed by atoms with Crippen LogP contribution >= 0.6 is 0 Å². The summed E-state index contributed by atoms with van der Waals surface area (Å²) in [6.45, 7) is 0.356. The highest BCUT2D eigenvalue weighted by Gasteiger charge is 2.62. The van der Waals surface area contributed by atoms with E-state index in [1.54, 1.807) is 6.08 Å². The lowest BCUT2D eigenvalue weighted by atomic mass is 9.88. The van der Waals surface area contributed by atoms with E-state index in [1.807, 2.05) is 6.08 Å². The molecule has 2 unspecified atom stereocenters. The number of carboxylic acid groups (broad SMARTS) is 1. The van der Waals surface area contributed by atoms with Crippen LogP contribution in [0.4, 0.5) is 0 Å². The Morgan fingerprint density at radius 3 is 1.36 bits per heavy atom. The van der Waals surface area contributed by atoms with Crippen molar-refractivity contribution in [3.63, 3.8) is 0 Å². The molecule has 113 heavy (non-hydrogen) atoms. The van der Waals surface area contributed by atoms with E-state index in [2.05, 4.69) is 29.8 Å². The van der Waals surface area contributed by atoms with Gasteiger partial charge < -0.3 is 150 Å². The van der Waals surface area contributed by atoms with E-state index in [9.17, 15) is 106 Å². The van der Waals surface area contributed by atoms with Gasteiger partial charge in [0.1, 0.15) is 116 Å². The molecule has 5 heterocycles. The lowest BCUT2D eigenvalue weighted by Gasteiger charge is -2.52. The predicted molar refractivity (Wildman–Crippen MR) is 406 cm³/mol. The molecule has 0 radical (unpaired) electrons. The van der Waals surface area contributed by atoms with E-state index in [1.165, 1.54) is 141 Å². The summed E-state index contributed by atoms with van der Waals surface area (Å²) in [6, 6.07) is -4.81. The Kier molecular flexibility index (Phi) is 48.5. The topological polar surface area (TPSA) is 541 Å². The van der Waals surface area contributed by atoms with Gasteiger partial charge in [-0.15, -0.1) is 0 Å². The summed E-state index contributed by atoms with van der Waals surface area (Å²) in [6.07, 6.45) is -8.42. The highest BCUT2D eigenvalue weighted by molar-refractivity contribution is 5.77. The van der Waals surface area contributed by atoms with E-state index in [0.29, 0.717) is 12.8 Å². The molecule has 20 N–H and O–H groups in total. The highest BCUT2D eigenvalue weighted by Crippen LogP contribution is 2.41. The third-order valence-electron chi connectivity index (χ3n) is 22.1. The number of carboxylic acids is 1. The van der Waals surface area contributed by atoms with Crippen LogP contribution in [0.25, 0.3) is 0 Å². The Hall–Kier alpha value is -3.42. The van der Waals surface area contributed by atoms with E-state index in [-0.39, 0.29) is 12.3 Å². The second kappa shape index (κ2) is 54.7. The normalized spacial score (nSPS) is 33.4. The number of allylic oxidation sites excluding steroid dienone is 1. The van der Waals surface area contributed by atoms with Crippen LogP contribution in [0.1, 0.15) is 252 Å². The van der Waals surface area contributed by atoms with Gasteiger partial charge in [-0.3, -0.25) is 14.4 Å². The number of rotatable bonds is 58. The zero-order valence-corrected chi connectivity index (χ0v) is 67.1. The molecule has 5 rings (SSSR count). The zero-order chi connectivity index (χ0) is 83.0. The lowest BCUT2D eigenvalue weighted by Crippen LogP contribution is -2.72. The highest BCUT2D eigenvalue weighted by atomic mass is 16.8. The number of aliphatic hydroxyl groups is 16. The first-order valence-corrected chi connectivity index (χ1v) is 42.1. The van der Waals surface area contributed by atoms with Crippen molar-refractivity contribution in [2.75, 3.05) is 39.6 Å². The van der Waals surface area contributed by atoms with Crippen LogP contribution in [0, 0.1) is 0 Å². The van der Waals surface area contributed by atoms with Crippen LogP contribution in [0.2, 0.25) is 0 Å². The molecule has 0 aromatic carbocycles. The fourth-order valence-electron chi connectivity index (χ4n) is 15.4. The van der Waals surface area contributed by atoms with Crippen LogP contribution in [0.3, 0.4) is 0 Å². The lowest BCUT2D eigenvalue weighted by molar-refractivity contribution is -0.403. The Bertz CT molecular complexity index is 2610. The van der Waals surface area contributed by atoms with Crippen LogP contribution < -0.4 is 16.0 Å². The van der Waals surface area contributed by atoms with Crippen molar-refractivity contribution in [3.8, 4) is 0 Å². The Labute approximate surface area is 665 Å². The zero-order valence-electron chi connectivity index (χ0n) is 67.1. The average molecular weight is 1630 g/mol. The van der Waals surface area contributed by atoms with Gasteiger partial charge in [0.2, 0.25) is 17.7 Å². The van der Waals surface area contributed by atoms with Gasteiger partial charge in [0.05, 0.1) is 63.9 Å². The minimum atomic E-state index is -3.38. The number of ether oxygens (including phenoxy) is 10. The fraction of sp³-hybridized carbons (Fsp3) is 0.924. The Morgan fingerprint density at radius 1 is 0.460 bits per heavy atom. The summed E-state index contributed by atoms with van der Waals surface area (Å²) in [7, 11) is 0. The smallest absolute Gasteiger partial charge is 0.364 e. The molecule has 5 aliphatic rings. The standard InChI is InChI=1S/C79H143N3O31/c1-5-7-9-11-13-15-17-19-20-21-22-23-24-25-26-28-30-32-34-36-38-40-58(93)82-50(51(90)39-37-35-33-31-29-27-18-16-14-12-10-8-6-2)47-104-75-67(100)65(98)69(56(45-86)107-75)109-77-68(101)73(113-79(78(102)103)41-52(91)59(80-48(3)88)72(112-79)61(94)53(92)42-83)70(57(46-87)108-77)110-74-60(81-49(4)89)71(63(96)55(44-85)105-74)111-76-66(99)64(97)62(95)54(43-84)106-76/h37,39,50-57,59-77,83-87,90-92,94-101H,5-36,38,40-47H2,1-4H3,(H,80,88)(H,81,89)(H,82,93)(H,102,103)/t50-,51+,52-,53-,54+,55+,56+,57+,59+,60+,61-,62-,63-,64-,65+,66+,67?,68+,69+,70-,71+,72?,73+,74-,75+,76-,77-,79-/m0/s1. The van der Waals surface area contributed by atoms with Gasteiger partial charge in [-0.25, -0.2) is 4.79 Å². The van der Waals surface area contributed by atoms with Gasteiger partial charge in [-0.1, -0.05) is 219 Å². The quantitative estimate of drug-likeness (QED) is 0.0301. The number of aliphatic carboxylic acids is 1. The van der Waals surface area contributed by atoms with E-state index >= 15 is 0 Å². The van der Waals surface area contributed by atoms with E-state index in [0.717, 1.165) is 71.6 Å². The second-order valence-corrected chi connectivity index (χ2v) is 31.4. The summed E-state index contributed by atoms with van der Waals surface area (Å²) >= 11 is 0. The maximum absolute atomic E-state index is 13.8. The first-order valence-electron chi connectivity index (χ1n) is 42.1. The third-order valence-corrected chi connectivity index (χ3v) is 22.1. The molecular weight excluding hydrogens is 1490 g/mol. The van der Waals surface area contributed by atoms with Crippen molar-refractivity contribution >= 4 is 23.7 Å². The van der Waals surface area contributed by atoms with Gasteiger partial charge >= 0.3 is 5.97 Å². The number of nitrogens with one attached hydrogen (secondary N) is 3. The number of hydrogen-bond donors (Lipinski definition) is 20. The molecule has 34 nitrogen and oxygen atoms in total. The summed E-state index contributed by atoms with van der Waals surface area (Å²) in [5.41, 5.74) is 0. The number of aliphatic hydroxyl groups excluding tert-OH is 16. The Morgan fingerprint density at radius 2 is 0.876 bits per heavy atom. The minimum Gasteiger partial charge on any atom is -0.477 e. The van der Waals surface area contributed by atoms with Gasteiger partial charge in [0.25, 0.3) is 5.79 Å². The largest absolute Gasteiger partial charge is 0.477 e. The van der Waals surface area contributed by atoms with Crippen molar-refractivity contribution in [2.24, 2.45) is 0 Å². The molecule has 5 fully saturated rings. The summed E-state index contributed by atoms with van der Waals surface area (Å²) in [5.74, 6) is -7.70. The van der Waals surface area contributed by atoms with Crippen LogP contribution in [0.5, 0.6) is 0 Å². The summed E-state index contributed by atoms with van der Waals surface area (Å²) in [4.78, 5) is 53.1. The third kappa shape index (κ3) is 32.6. The molecule has 5 aliphatic heterocycles. The molecule has 0 aromatic heterocycles.